The summed E-state index contributed by atoms with van der Waals surface area (Å²) < 4.78 is 2.10. The second kappa shape index (κ2) is 5.59. The summed E-state index contributed by atoms with van der Waals surface area (Å²) in [4.78, 5) is 4.59. The number of nitrogens with zero attached hydrogens (tertiary/aromatic N) is 3. The number of fused-ring (bicyclic) bond motifs is 1. The molecular formula is C17H14ClN3. The van der Waals surface area contributed by atoms with Crippen molar-refractivity contribution in [2.45, 2.75) is 19.9 Å². The minimum Gasteiger partial charge on any atom is -0.323 e. The maximum Gasteiger partial charge on any atom is 0.124 e. The van der Waals surface area contributed by atoms with Crippen molar-refractivity contribution in [2.75, 3.05) is 0 Å². The molecule has 0 aliphatic carbocycles. The zero-order chi connectivity index (χ0) is 14.8. The van der Waals surface area contributed by atoms with Crippen LogP contribution in [0.4, 0.5) is 0 Å². The highest BCUT2D eigenvalue weighted by Crippen LogP contribution is 2.20. The summed E-state index contributed by atoms with van der Waals surface area (Å²) in [6.45, 7) is 2.73. The van der Waals surface area contributed by atoms with Crippen molar-refractivity contribution in [3.05, 3.63) is 64.4 Å². The van der Waals surface area contributed by atoms with E-state index in [1.807, 2.05) is 31.2 Å². The molecule has 0 amide bonds. The molecule has 1 heterocycles. The molecule has 0 saturated heterocycles. The molecule has 21 heavy (non-hydrogen) atoms. The second-order valence-electron chi connectivity index (χ2n) is 5.07. The quantitative estimate of drug-likeness (QED) is 0.729. The number of hydrogen-bond donors (Lipinski definition) is 0. The van der Waals surface area contributed by atoms with Crippen molar-refractivity contribution in [1.82, 2.24) is 9.55 Å². The lowest BCUT2D eigenvalue weighted by atomic mass is 10.2. The van der Waals surface area contributed by atoms with E-state index < -0.39 is 0 Å². The van der Waals surface area contributed by atoms with Crippen LogP contribution in [0.1, 0.15) is 17.0 Å². The first-order valence-electron chi connectivity index (χ1n) is 6.74. The third kappa shape index (κ3) is 2.76. The van der Waals surface area contributed by atoms with E-state index >= 15 is 0 Å². The van der Waals surface area contributed by atoms with Gasteiger partial charge in [-0.1, -0.05) is 29.8 Å². The van der Waals surface area contributed by atoms with Gasteiger partial charge in [0.1, 0.15) is 5.82 Å². The molecule has 3 nitrogen and oxygen atoms in total. The third-order valence-electron chi connectivity index (χ3n) is 3.47. The summed E-state index contributed by atoms with van der Waals surface area (Å²) in [6, 6.07) is 16.1. The van der Waals surface area contributed by atoms with E-state index in [0.29, 0.717) is 13.0 Å². The standard InChI is InChI=1S/C17H14ClN3/c1-12-2-7-16-15(10-12)20-17(8-9-19)21(16)11-13-3-5-14(18)6-4-13/h2-7,10H,8,11H2,1H3. The lowest BCUT2D eigenvalue weighted by Gasteiger charge is -2.08. The van der Waals surface area contributed by atoms with Crippen molar-refractivity contribution in [2.24, 2.45) is 0 Å². The zero-order valence-electron chi connectivity index (χ0n) is 11.7. The molecule has 2 aromatic carbocycles. The summed E-state index contributed by atoms with van der Waals surface area (Å²) in [7, 11) is 0. The van der Waals surface area contributed by atoms with Gasteiger partial charge in [0.05, 0.1) is 23.5 Å². The van der Waals surface area contributed by atoms with Gasteiger partial charge < -0.3 is 4.57 Å². The van der Waals surface area contributed by atoms with E-state index in [2.05, 4.69) is 33.8 Å². The lowest BCUT2D eigenvalue weighted by Crippen LogP contribution is -2.04. The molecule has 0 radical (unpaired) electrons. The predicted octanol–water partition coefficient (Wildman–Crippen LogP) is 4.11. The fourth-order valence-corrected chi connectivity index (χ4v) is 2.57. The first kappa shape index (κ1) is 13.7. The first-order valence-corrected chi connectivity index (χ1v) is 7.12. The number of aryl methyl sites for hydroxylation is 1. The van der Waals surface area contributed by atoms with Crippen LogP contribution in [0.25, 0.3) is 11.0 Å². The molecule has 104 valence electrons. The molecule has 0 N–H and O–H groups in total. The third-order valence-corrected chi connectivity index (χ3v) is 3.73. The largest absolute Gasteiger partial charge is 0.323 e. The molecule has 0 atom stereocenters. The Hall–Kier alpha value is -2.31. The Morgan fingerprint density at radius 1 is 1.19 bits per heavy atom. The Balaban J connectivity index is 2.08. The number of hydrogen-bond acceptors (Lipinski definition) is 2. The van der Waals surface area contributed by atoms with Gasteiger partial charge >= 0.3 is 0 Å². The maximum absolute atomic E-state index is 9.01. The fourth-order valence-electron chi connectivity index (χ4n) is 2.44. The van der Waals surface area contributed by atoms with Gasteiger partial charge in [-0.15, -0.1) is 0 Å². The van der Waals surface area contributed by atoms with Crippen LogP contribution in [0.15, 0.2) is 42.5 Å². The van der Waals surface area contributed by atoms with Crippen LogP contribution in [0.2, 0.25) is 5.02 Å². The highest BCUT2D eigenvalue weighted by atomic mass is 35.5. The normalized spacial score (nSPS) is 10.7. The number of nitriles is 1. The van der Waals surface area contributed by atoms with Crippen molar-refractivity contribution < 1.29 is 0 Å². The minimum atomic E-state index is 0.307. The number of imidazole rings is 1. The molecule has 0 aliphatic heterocycles. The van der Waals surface area contributed by atoms with Crippen molar-refractivity contribution in [3.8, 4) is 6.07 Å². The van der Waals surface area contributed by atoms with Crippen LogP contribution in [-0.4, -0.2) is 9.55 Å². The maximum atomic E-state index is 9.01. The minimum absolute atomic E-state index is 0.307. The summed E-state index contributed by atoms with van der Waals surface area (Å²) in [5.41, 5.74) is 4.30. The number of aromatic nitrogens is 2. The monoisotopic (exact) mass is 295 g/mol. The molecule has 0 fully saturated rings. The van der Waals surface area contributed by atoms with E-state index in [0.717, 1.165) is 27.4 Å². The van der Waals surface area contributed by atoms with Gasteiger partial charge in [-0.2, -0.15) is 5.26 Å². The van der Waals surface area contributed by atoms with Gasteiger partial charge in [0.25, 0.3) is 0 Å². The van der Waals surface area contributed by atoms with E-state index in [1.54, 1.807) is 0 Å². The number of rotatable bonds is 3. The van der Waals surface area contributed by atoms with Crippen LogP contribution in [0, 0.1) is 18.3 Å². The van der Waals surface area contributed by atoms with Gasteiger partial charge in [-0.3, -0.25) is 0 Å². The van der Waals surface area contributed by atoms with E-state index in [-0.39, 0.29) is 0 Å². The van der Waals surface area contributed by atoms with Gasteiger partial charge in [0.2, 0.25) is 0 Å². The summed E-state index contributed by atoms with van der Waals surface area (Å²) in [6.07, 6.45) is 0.307. The van der Waals surface area contributed by atoms with Crippen LogP contribution in [-0.2, 0) is 13.0 Å². The summed E-state index contributed by atoms with van der Waals surface area (Å²) in [5.74, 6) is 0.799. The average Bonchev–Trinajstić information content (AvgIpc) is 2.79. The number of benzene rings is 2. The van der Waals surface area contributed by atoms with Crippen LogP contribution in [0.3, 0.4) is 0 Å². The molecule has 3 aromatic rings. The topological polar surface area (TPSA) is 41.6 Å². The van der Waals surface area contributed by atoms with Gasteiger partial charge in [0.15, 0.2) is 0 Å². The molecule has 0 bridgehead atoms. The van der Waals surface area contributed by atoms with Crippen molar-refractivity contribution >= 4 is 22.6 Å². The smallest absolute Gasteiger partial charge is 0.124 e. The van der Waals surface area contributed by atoms with Crippen LogP contribution in [0.5, 0.6) is 0 Å². The van der Waals surface area contributed by atoms with E-state index in [4.69, 9.17) is 16.9 Å². The average molecular weight is 296 g/mol. The van der Waals surface area contributed by atoms with Crippen molar-refractivity contribution in [1.29, 1.82) is 5.26 Å². The Kier molecular flexibility index (Phi) is 3.64. The van der Waals surface area contributed by atoms with E-state index in [1.165, 1.54) is 5.56 Å². The number of halogens is 1. The predicted molar refractivity (Wildman–Crippen MR) is 84.3 cm³/mol. The molecule has 3 rings (SSSR count). The van der Waals surface area contributed by atoms with Crippen LogP contribution >= 0.6 is 11.6 Å². The van der Waals surface area contributed by atoms with Gasteiger partial charge in [0, 0.05) is 11.6 Å². The van der Waals surface area contributed by atoms with Gasteiger partial charge in [-0.05, 0) is 42.3 Å². The Morgan fingerprint density at radius 2 is 1.95 bits per heavy atom. The molecule has 4 heteroatoms. The fraction of sp³-hybridized carbons (Fsp3) is 0.176. The molecule has 1 aromatic heterocycles. The Bertz CT molecular complexity index is 826. The highest BCUT2D eigenvalue weighted by molar-refractivity contribution is 6.30. The zero-order valence-corrected chi connectivity index (χ0v) is 12.4. The van der Waals surface area contributed by atoms with Crippen molar-refractivity contribution in [3.63, 3.8) is 0 Å². The molecule has 0 saturated carbocycles. The second-order valence-corrected chi connectivity index (χ2v) is 5.50. The molecule has 0 unspecified atom stereocenters. The van der Waals surface area contributed by atoms with Gasteiger partial charge in [-0.25, -0.2) is 4.98 Å². The Labute approximate surface area is 128 Å². The van der Waals surface area contributed by atoms with E-state index in [9.17, 15) is 0 Å². The molecule has 0 aliphatic rings. The summed E-state index contributed by atoms with van der Waals surface area (Å²) >= 11 is 5.92. The SMILES string of the molecule is Cc1ccc2c(c1)nc(CC#N)n2Cc1ccc(Cl)cc1. The molecule has 0 spiro atoms. The lowest BCUT2D eigenvalue weighted by molar-refractivity contribution is 0.769. The summed E-state index contributed by atoms with van der Waals surface area (Å²) in [5, 5.41) is 9.73. The Morgan fingerprint density at radius 3 is 2.67 bits per heavy atom. The van der Waals surface area contributed by atoms with Crippen LogP contribution < -0.4 is 0 Å². The first-order chi connectivity index (χ1) is 10.2. The molecular weight excluding hydrogens is 282 g/mol. The highest BCUT2D eigenvalue weighted by Gasteiger charge is 2.11.